The van der Waals surface area contributed by atoms with Crippen LogP contribution in [-0.4, -0.2) is 33.2 Å². The molecule has 0 saturated heterocycles. The van der Waals surface area contributed by atoms with Crippen molar-refractivity contribution in [2.75, 3.05) is 0 Å². The maximum absolute atomic E-state index is 12.9. The van der Waals surface area contributed by atoms with Crippen LogP contribution in [0.5, 0.6) is 0 Å². The molecule has 3 aromatic heterocycles. The van der Waals surface area contributed by atoms with Gasteiger partial charge in [-0.05, 0) is 47.7 Å². The Morgan fingerprint density at radius 1 is 0.939 bits per heavy atom. The Morgan fingerprint density at radius 3 is 2.55 bits per heavy atom. The number of sulfone groups is 1. The Labute approximate surface area is 191 Å². The van der Waals surface area contributed by atoms with Gasteiger partial charge < -0.3 is 0 Å². The zero-order valence-electron chi connectivity index (χ0n) is 18.2. The van der Waals surface area contributed by atoms with Gasteiger partial charge in [-0.3, -0.25) is 9.67 Å². The van der Waals surface area contributed by atoms with E-state index in [-0.39, 0.29) is 10.6 Å². The molecule has 0 radical (unpaired) electrons. The van der Waals surface area contributed by atoms with E-state index in [0.29, 0.717) is 5.69 Å². The molecule has 0 unspecified atom stereocenters. The Bertz CT molecular complexity index is 1580. The summed E-state index contributed by atoms with van der Waals surface area (Å²) in [5.41, 5.74) is 5.51. The van der Waals surface area contributed by atoms with Crippen molar-refractivity contribution in [2.45, 2.75) is 17.6 Å². The maximum atomic E-state index is 12.9. The van der Waals surface area contributed by atoms with E-state index in [4.69, 9.17) is 0 Å². The van der Waals surface area contributed by atoms with E-state index in [2.05, 4.69) is 45.2 Å². The van der Waals surface area contributed by atoms with Gasteiger partial charge in [0.2, 0.25) is 0 Å². The molecule has 0 spiro atoms. The predicted molar refractivity (Wildman–Crippen MR) is 127 cm³/mol. The van der Waals surface area contributed by atoms with Gasteiger partial charge in [-0.25, -0.2) is 18.4 Å². The molecule has 0 aliphatic heterocycles. The van der Waals surface area contributed by atoms with Crippen LogP contribution in [0.15, 0.2) is 84.5 Å². The third-order valence-corrected chi connectivity index (χ3v) is 7.24. The Hall–Kier alpha value is -3.91. The van der Waals surface area contributed by atoms with Gasteiger partial charge in [0.1, 0.15) is 6.33 Å². The number of hydrogen-bond donors (Lipinski definition) is 0. The fourth-order valence-corrected chi connectivity index (χ4v) is 5.23. The van der Waals surface area contributed by atoms with Crippen LogP contribution in [0.4, 0.5) is 0 Å². The molecule has 8 heteroatoms. The molecular weight excluding hydrogens is 434 g/mol. The molecule has 5 rings (SSSR count). The molecule has 0 aliphatic carbocycles. The van der Waals surface area contributed by atoms with Crippen LogP contribution >= 0.6 is 0 Å². The van der Waals surface area contributed by atoms with Crippen molar-refractivity contribution in [1.29, 1.82) is 0 Å². The lowest BCUT2D eigenvalue weighted by molar-refractivity contribution is 0.594. The van der Waals surface area contributed by atoms with Crippen LogP contribution in [-0.2, 0) is 22.6 Å². The van der Waals surface area contributed by atoms with Gasteiger partial charge >= 0.3 is 0 Å². The highest BCUT2D eigenvalue weighted by molar-refractivity contribution is 7.90. The highest BCUT2D eigenvalue weighted by atomic mass is 32.2. The van der Waals surface area contributed by atoms with Gasteiger partial charge in [-0.1, -0.05) is 24.3 Å². The lowest BCUT2D eigenvalue weighted by Crippen LogP contribution is -2.06. The first-order valence-electron chi connectivity index (χ1n) is 10.4. The molecule has 0 bridgehead atoms. The lowest BCUT2D eigenvalue weighted by Gasteiger charge is -2.11. The van der Waals surface area contributed by atoms with Crippen molar-refractivity contribution < 1.29 is 8.42 Å². The fourth-order valence-electron chi connectivity index (χ4n) is 3.92. The van der Waals surface area contributed by atoms with Crippen LogP contribution in [0.2, 0.25) is 0 Å². The zero-order valence-corrected chi connectivity index (χ0v) is 19.0. The first kappa shape index (κ1) is 21.0. The van der Waals surface area contributed by atoms with Crippen LogP contribution in [0.25, 0.3) is 33.2 Å². The van der Waals surface area contributed by atoms with Gasteiger partial charge in [-0.2, -0.15) is 5.10 Å². The van der Waals surface area contributed by atoms with Crippen LogP contribution in [0.3, 0.4) is 0 Å². The van der Waals surface area contributed by atoms with Gasteiger partial charge in [-0.15, -0.1) is 0 Å². The number of hydrogen-bond acceptors (Lipinski definition) is 6. The van der Waals surface area contributed by atoms with Crippen molar-refractivity contribution in [3.63, 3.8) is 0 Å². The molecule has 0 N–H and O–H groups in total. The van der Waals surface area contributed by atoms with Gasteiger partial charge in [0.05, 0.1) is 28.2 Å². The number of nitrogens with zero attached hydrogens (tertiary/aromatic N) is 5. The summed E-state index contributed by atoms with van der Waals surface area (Å²) in [6.45, 7) is 2.05. The molecule has 3 heterocycles. The molecule has 0 aliphatic rings. The molecule has 0 fully saturated rings. The van der Waals surface area contributed by atoms with E-state index in [1.165, 1.54) is 12.5 Å². The fraction of sp³-hybridized carbons (Fsp3) is 0.120. The molecule has 5 aromatic rings. The molecular formula is C25H21N5O2S. The second-order valence-corrected chi connectivity index (χ2v) is 9.92. The molecule has 0 amide bonds. The summed E-state index contributed by atoms with van der Waals surface area (Å²) in [5, 5.41) is 5.96. The minimum absolute atomic E-state index is 0.173. The Balaban J connectivity index is 1.53. The number of aromatic nitrogens is 5. The van der Waals surface area contributed by atoms with Crippen molar-refractivity contribution in [3.05, 3.63) is 90.9 Å². The van der Waals surface area contributed by atoms with E-state index in [9.17, 15) is 8.42 Å². The Kier molecular flexibility index (Phi) is 5.22. The van der Waals surface area contributed by atoms with Crippen molar-refractivity contribution in [2.24, 2.45) is 7.05 Å². The van der Waals surface area contributed by atoms with E-state index in [1.54, 1.807) is 29.1 Å². The Morgan fingerprint density at radius 2 is 1.82 bits per heavy atom. The quantitative estimate of drug-likeness (QED) is 0.391. The van der Waals surface area contributed by atoms with Crippen LogP contribution in [0, 0.1) is 6.92 Å². The second kappa shape index (κ2) is 8.22. The monoisotopic (exact) mass is 455 g/mol. The second-order valence-electron chi connectivity index (χ2n) is 7.93. The smallest absolute Gasteiger partial charge is 0.184 e. The molecule has 33 heavy (non-hydrogen) atoms. The normalized spacial score (nSPS) is 11.7. The maximum Gasteiger partial charge on any atom is 0.184 e. The summed E-state index contributed by atoms with van der Waals surface area (Å²) in [7, 11) is -1.65. The number of benzene rings is 2. The van der Waals surface area contributed by atoms with Gasteiger partial charge in [0.25, 0.3) is 0 Å². The van der Waals surface area contributed by atoms with E-state index < -0.39 is 9.84 Å². The predicted octanol–water partition coefficient (Wildman–Crippen LogP) is 4.37. The standard InChI is InChI=1S/C25H21N5O2S/c1-17-11-18(20-13-29-30(2)14-20)3-5-23(17)25-24-6-4-22(12-19(24)7-10-27-25)33(31,32)15-21-8-9-26-16-28-21/h3-14,16H,15H2,1-2H3. The van der Waals surface area contributed by atoms with E-state index >= 15 is 0 Å². The molecule has 164 valence electrons. The first-order valence-corrected chi connectivity index (χ1v) is 12.0. The zero-order chi connectivity index (χ0) is 23.0. The van der Waals surface area contributed by atoms with Crippen LogP contribution < -0.4 is 0 Å². The average molecular weight is 456 g/mol. The SMILES string of the molecule is Cc1cc(-c2cnn(C)c2)ccc1-c1nccc2cc(S(=O)(=O)Cc3ccncn3)ccc12. The number of fused-ring (bicyclic) bond motifs is 1. The third kappa shape index (κ3) is 4.12. The average Bonchev–Trinajstić information content (AvgIpc) is 3.25. The van der Waals surface area contributed by atoms with Crippen molar-refractivity contribution >= 4 is 20.6 Å². The number of aryl methyl sites for hydroxylation is 2. The lowest BCUT2D eigenvalue weighted by atomic mass is 9.97. The largest absolute Gasteiger partial charge is 0.275 e. The number of pyridine rings is 1. The summed E-state index contributed by atoms with van der Waals surface area (Å²) in [6.07, 6.45) is 8.43. The minimum Gasteiger partial charge on any atom is -0.275 e. The number of rotatable bonds is 5. The van der Waals surface area contributed by atoms with Crippen molar-refractivity contribution in [1.82, 2.24) is 24.7 Å². The summed E-state index contributed by atoms with van der Waals surface area (Å²) in [5.74, 6) is -0.173. The topological polar surface area (TPSA) is 90.6 Å². The minimum atomic E-state index is -3.54. The summed E-state index contributed by atoms with van der Waals surface area (Å²) < 4.78 is 27.7. The van der Waals surface area contributed by atoms with E-state index in [1.807, 2.05) is 31.6 Å². The molecule has 2 aromatic carbocycles. The molecule has 0 atom stereocenters. The third-order valence-electron chi connectivity index (χ3n) is 5.60. The summed E-state index contributed by atoms with van der Waals surface area (Å²) in [6, 6.07) is 14.9. The molecule has 7 nitrogen and oxygen atoms in total. The van der Waals surface area contributed by atoms with E-state index in [0.717, 1.165) is 38.7 Å². The van der Waals surface area contributed by atoms with Crippen molar-refractivity contribution in [3.8, 4) is 22.4 Å². The van der Waals surface area contributed by atoms with Crippen LogP contribution in [0.1, 0.15) is 11.3 Å². The van der Waals surface area contributed by atoms with Gasteiger partial charge in [0.15, 0.2) is 9.84 Å². The summed E-state index contributed by atoms with van der Waals surface area (Å²) in [4.78, 5) is 12.8. The molecule has 0 saturated carbocycles. The first-order chi connectivity index (χ1) is 15.9. The highest BCUT2D eigenvalue weighted by Crippen LogP contribution is 2.33. The highest BCUT2D eigenvalue weighted by Gasteiger charge is 2.18. The summed E-state index contributed by atoms with van der Waals surface area (Å²) >= 11 is 0. The van der Waals surface area contributed by atoms with Gasteiger partial charge in [0, 0.05) is 42.2 Å².